The number of carbonyl (C=O) groups is 1. The SMILES string of the molecule is CC(CCS(C)=O)NC(=O)c1cc(N)c(F)cc1F. The van der Waals surface area contributed by atoms with E-state index < -0.39 is 28.3 Å². The van der Waals surface area contributed by atoms with Crippen LogP contribution < -0.4 is 11.1 Å². The zero-order valence-corrected chi connectivity index (χ0v) is 11.5. The molecule has 7 heteroatoms. The maximum absolute atomic E-state index is 13.4. The highest BCUT2D eigenvalue weighted by Gasteiger charge is 2.16. The molecule has 2 atom stereocenters. The van der Waals surface area contributed by atoms with Crippen LogP contribution in [0.15, 0.2) is 12.1 Å². The summed E-state index contributed by atoms with van der Waals surface area (Å²) in [6.07, 6.45) is 2.07. The molecule has 4 nitrogen and oxygen atoms in total. The summed E-state index contributed by atoms with van der Waals surface area (Å²) in [5, 5.41) is 2.55. The summed E-state index contributed by atoms with van der Waals surface area (Å²) in [5.41, 5.74) is 4.71. The Labute approximate surface area is 112 Å². The third kappa shape index (κ3) is 4.59. The van der Waals surface area contributed by atoms with E-state index in [4.69, 9.17) is 5.73 Å². The minimum Gasteiger partial charge on any atom is -0.396 e. The standard InChI is InChI=1S/C12H16F2N2O2S/c1-7(3-4-19(2)18)16-12(17)8-5-11(15)10(14)6-9(8)13/h5-7H,3-4,15H2,1-2H3,(H,16,17). The fourth-order valence-corrected chi connectivity index (χ4v) is 2.14. The Balaban J connectivity index is 2.73. The van der Waals surface area contributed by atoms with E-state index >= 15 is 0 Å². The fourth-order valence-electron chi connectivity index (χ4n) is 1.46. The van der Waals surface area contributed by atoms with Gasteiger partial charge in [-0.15, -0.1) is 0 Å². The third-order valence-electron chi connectivity index (χ3n) is 2.55. The molecule has 2 unspecified atom stereocenters. The number of halogens is 2. The van der Waals surface area contributed by atoms with Crippen molar-refractivity contribution in [2.24, 2.45) is 0 Å². The lowest BCUT2D eigenvalue weighted by Crippen LogP contribution is -2.34. The van der Waals surface area contributed by atoms with E-state index in [2.05, 4.69) is 5.32 Å². The number of rotatable bonds is 5. The summed E-state index contributed by atoms with van der Waals surface area (Å²) in [6, 6.07) is 1.28. The van der Waals surface area contributed by atoms with Crippen LogP contribution in [-0.4, -0.2) is 28.2 Å². The summed E-state index contributed by atoms with van der Waals surface area (Å²) < 4.78 is 37.3. The second-order valence-electron chi connectivity index (χ2n) is 4.29. The lowest BCUT2D eigenvalue weighted by Gasteiger charge is -2.14. The molecule has 1 amide bonds. The second-order valence-corrected chi connectivity index (χ2v) is 5.85. The van der Waals surface area contributed by atoms with Crippen LogP contribution in [0.3, 0.4) is 0 Å². The summed E-state index contributed by atoms with van der Waals surface area (Å²) in [4.78, 5) is 11.8. The van der Waals surface area contributed by atoms with E-state index in [0.717, 1.165) is 6.07 Å². The van der Waals surface area contributed by atoms with Gasteiger partial charge in [0, 0.05) is 34.9 Å². The Hall–Kier alpha value is -1.50. The van der Waals surface area contributed by atoms with Crippen LogP contribution in [0.2, 0.25) is 0 Å². The van der Waals surface area contributed by atoms with Gasteiger partial charge in [0.05, 0.1) is 11.3 Å². The molecule has 1 rings (SSSR count). The van der Waals surface area contributed by atoms with Crippen molar-refractivity contribution in [2.75, 3.05) is 17.7 Å². The highest BCUT2D eigenvalue weighted by molar-refractivity contribution is 7.84. The van der Waals surface area contributed by atoms with Crippen molar-refractivity contribution in [1.29, 1.82) is 0 Å². The summed E-state index contributed by atoms with van der Waals surface area (Å²) in [7, 11) is -0.952. The summed E-state index contributed by atoms with van der Waals surface area (Å²) in [5.74, 6) is -2.09. The highest BCUT2D eigenvalue weighted by Crippen LogP contribution is 2.16. The van der Waals surface area contributed by atoms with Crippen molar-refractivity contribution in [3.8, 4) is 0 Å². The summed E-state index contributed by atoms with van der Waals surface area (Å²) in [6.45, 7) is 1.72. The smallest absolute Gasteiger partial charge is 0.254 e. The van der Waals surface area contributed by atoms with Gasteiger partial charge in [-0.2, -0.15) is 0 Å². The topological polar surface area (TPSA) is 72.2 Å². The van der Waals surface area contributed by atoms with Crippen molar-refractivity contribution in [3.63, 3.8) is 0 Å². The van der Waals surface area contributed by atoms with Gasteiger partial charge in [0.1, 0.15) is 11.6 Å². The minimum atomic E-state index is -0.963. The third-order valence-corrected chi connectivity index (χ3v) is 3.36. The van der Waals surface area contributed by atoms with Crippen LogP contribution in [0.4, 0.5) is 14.5 Å². The van der Waals surface area contributed by atoms with Gasteiger partial charge in [-0.3, -0.25) is 9.00 Å². The zero-order valence-electron chi connectivity index (χ0n) is 10.7. The van der Waals surface area contributed by atoms with Crippen molar-refractivity contribution >= 4 is 22.4 Å². The van der Waals surface area contributed by atoms with Crippen molar-refractivity contribution in [2.45, 2.75) is 19.4 Å². The van der Waals surface area contributed by atoms with E-state index in [9.17, 15) is 17.8 Å². The quantitative estimate of drug-likeness (QED) is 0.806. The molecule has 0 aliphatic heterocycles. The molecule has 0 saturated heterocycles. The van der Waals surface area contributed by atoms with E-state index in [1.54, 1.807) is 13.2 Å². The van der Waals surface area contributed by atoms with Gasteiger partial charge in [0.2, 0.25) is 0 Å². The Kier molecular flexibility index (Phi) is 5.41. The summed E-state index contributed by atoms with van der Waals surface area (Å²) >= 11 is 0. The first kappa shape index (κ1) is 15.6. The van der Waals surface area contributed by atoms with E-state index in [1.807, 2.05) is 0 Å². The molecule has 19 heavy (non-hydrogen) atoms. The van der Waals surface area contributed by atoms with Gasteiger partial charge in [0.15, 0.2) is 0 Å². The molecule has 0 spiro atoms. The predicted octanol–water partition coefficient (Wildman–Crippen LogP) is 1.43. The van der Waals surface area contributed by atoms with E-state index in [-0.39, 0.29) is 17.3 Å². The monoisotopic (exact) mass is 290 g/mol. The fraction of sp³-hybridized carbons (Fsp3) is 0.417. The molecule has 0 aromatic heterocycles. The van der Waals surface area contributed by atoms with E-state index in [0.29, 0.717) is 18.2 Å². The normalized spacial score (nSPS) is 13.9. The van der Waals surface area contributed by atoms with Gasteiger partial charge in [-0.05, 0) is 19.4 Å². The number of amides is 1. The molecule has 0 fully saturated rings. The molecular weight excluding hydrogens is 274 g/mol. The number of benzene rings is 1. The average Bonchev–Trinajstić information content (AvgIpc) is 2.31. The molecule has 0 radical (unpaired) electrons. The van der Waals surface area contributed by atoms with Crippen molar-refractivity contribution in [1.82, 2.24) is 5.32 Å². The van der Waals surface area contributed by atoms with Gasteiger partial charge in [-0.1, -0.05) is 0 Å². The van der Waals surface area contributed by atoms with Crippen LogP contribution >= 0.6 is 0 Å². The van der Waals surface area contributed by atoms with Crippen LogP contribution in [0.5, 0.6) is 0 Å². The highest BCUT2D eigenvalue weighted by atomic mass is 32.2. The first-order valence-corrected chi connectivity index (χ1v) is 7.39. The van der Waals surface area contributed by atoms with Crippen LogP contribution in [0.25, 0.3) is 0 Å². The zero-order chi connectivity index (χ0) is 14.6. The van der Waals surface area contributed by atoms with Crippen molar-refractivity contribution in [3.05, 3.63) is 29.3 Å². The maximum atomic E-state index is 13.4. The number of nitrogen functional groups attached to an aromatic ring is 1. The molecule has 1 aromatic carbocycles. The molecule has 0 heterocycles. The molecule has 3 N–H and O–H groups in total. The molecule has 0 aliphatic rings. The number of anilines is 1. The van der Waals surface area contributed by atoms with Crippen molar-refractivity contribution < 1.29 is 17.8 Å². The molecule has 0 aliphatic carbocycles. The Morgan fingerprint density at radius 2 is 2.05 bits per heavy atom. The Morgan fingerprint density at radius 1 is 1.42 bits per heavy atom. The van der Waals surface area contributed by atoms with E-state index in [1.165, 1.54) is 0 Å². The lowest BCUT2D eigenvalue weighted by atomic mass is 10.1. The molecular formula is C12H16F2N2O2S. The van der Waals surface area contributed by atoms with Gasteiger partial charge in [-0.25, -0.2) is 8.78 Å². The minimum absolute atomic E-state index is 0.262. The number of carbonyl (C=O) groups excluding carboxylic acids is 1. The molecule has 106 valence electrons. The number of hydrogen-bond acceptors (Lipinski definition) is 3. The van der Waals surface area contributed by atoms with Crippen LogP contribution in [0, 0.1) is 11.6 Å². The first-order chi connectivity index (χ1) is 8.81. The molecule has 1 aromatic rings. The number of hydrogen-bond donors (Lipinski definition) is 2. The Morgan fingerprint density at radius 3 is 2.63 bits per heavy atom. The lowest BCUT2D eigenvalue weighted by molar-refractivity contribution is 0.0935. The van der Waals surface area contributed by atoms with Crippen LogP contribution in [0.1, 0.15) is 23.7 Å². The molecule has 0 bridgehead atoms. The first-order valence-electron chi connectivity index (χ1n) is 5.66. The van der Waals surface area contributed by atoms with Gasteiger partial charge < -0.3 is 11.1 Å². The number of nitrogens with two attached hydrogens (primary N) is 1. The van der Waals surface area contributed by atoms with Gasteiger partial charge >= 0.3 is 0 Å². The number of nitrogens with one attached hydrogen (secondary N) is 1. The molecule has 0 saturated carbocycles. The van der Waals surface area contributed by atoms with Crippen LogP contribution in [-0.2, 0) is 10.8 Å². The Bertz CT molecular complexity index is 509. The average molecular weight is 290 g/mol. The predicted molar refractivity (Wildman–Crippen MR) is 71.2 cm³/mol. The van der Waals surface area contributed by atoms with Gasteiger partial charge in [0.25, 0.3) is 5.91 Å². The second kappa shape index (κ2) is 6.60. The maximum Gasteiger partial charge on any atom is 0.254 e. The largest absolute Gasteiger partial charge is 0.396 e.